The van der Waals surface area contributed by atoms with Crippen LogP contribution in [0.1, 0.15) is 51.2 Å². The van der Waals surface area contributed by atoms with Crippen LogP contribution in [0.4, 0.5) is 0 Å². The molecule has 1 heterocycles. The van der Waals surface area contributed by atoms with Gasteiger partial charge in [0.1, 0.15) is 12.1 Å². The number of benzene rings is 1. The first-order chi connectivity index (χ1) is 12.0. The SMILES string of the molecule is CC(=O)NC(C(=O)N1CC(C)OC(c2ccccc2)C1)C1CCCC1. The van der Waals surface area contributed by atoms with Crippen LogP contribution in [0, 0.1) is 5.92 Å². The van der Waals surface area contributed by atoms with E-state index in [1.54, 1.807) is 0 Å². The Kier molecular flexibility index (Phi) is 5.74. The number of morpholine rings is 1. The van der Waals surface area contributed by atoms with Crippen molar-refractivity contribution in [3.05, 3.63) is 35.9 Å². The van der Waals surface area contributed by atoms with Crippen molar-refractivity contribution in [1.82, 2.24) is 10.2 Å². The molecule has 5 nitrogen and oxygen atoms in total. The predicted molar refractivity (Wildman–Crippen MR) is 95.9 cm³/mol. The van der Waals surface area contributed by atoms with Crippen LogP contribution >= 0.6 is 0 Å². The van der Waals surface area contributed by atoms with Gasteiger partial charge in [0.05, 0.1) is 12.6 Å². The third-order valence-electron chi connectivity index (χ3n) is 5.24. The van der Waals surface area contributed by atoms with E-state index in [0.717, 1.165) is 31.2 Å². The lowest BCUT2D eigenvalue weighted by Gasteiger charge is -2.39. The molecular formula is C20H28N2O3. The van der Waals surface area contributed by atoms with E-state index >= 15 is 0 Å². The normalized spacial score (nSPS) is 25.6. The summed E-state index contributed by atoms with van der Waals surface area (Å²) in [6.45, 7) is 4.60. The van der Waals surface area contributed by atoms with Gasteiger partial charge in [-0.1, -0.05) is 43.2 Å². The van der Waals surface area contributed by atoms with Crippen LogP contribution in [0.15, 0.2) is 30.3 Å². The average molecular weight is 344 g/mol. The molecule has 1 aliphatic heterocycles. The molecule has 0 bridgehead atoms. The summed E-state index contributed by atoms with van der Waals surface area (Å²) in [5.41, 5.74) is 1.09. The summed E-state index contributed by atoms with van der Waals surface area (Å²) in [4.78, 5) is 26.7. The Hall–Kier alpha value is -1.88. The molecule has 3 atom stereocenters. The fraction of sp³-hybridized carbons (Fsp3) is 0.600. The lowest BCUT2D eigenvalue weighted by molar-refractivity contribution is -0.149. The zero-order valence-corrected chi connectivity index (χ0v) is 15.1. The van der Waals surface area contributed by atoms with Gasteiger partial charge < -0.3 is 15.0 Å². The van der Waals surface area contributed by atoms with Gasteiger partial charge in [0.15, 0.2) is 0 Å². The van der Waals surface area contributed by atoms with Crippen LogP contribution in [-0.4, -0.2) is 41.9 Å². The van der Waals surface area contributed by atoms with Crippen molar-refractivity contribution in [1.29, 1.82) is 0 Å². The van der Waals surface area contributed by atoms with Crippen LogP contribution in [0.3, 0.4) is 0 Å². The van der Waals surface area contributed by atoms with Gasteiger partial charge in [-0.05, 0) is 31.2 Å². The van der Waals surface area contributed by atoms with Gasteiger partial charge in [0, 0.05) is 13.5 Å². The molecule has 1 aromatic rings. The molecular weight excluding hydrogens is 316 g/mol. The number of nitrogens with zero attached hydrogens (tertiary/aromatic N) is 1. The Labute approximate surface area is 149 Å². The minimum Gasteiger partial charge on any atom is -0.367 e. The number of ether oxygens (including phenoxy) is 1. The summed E-state index contributed by atoms with van der Waals surface area (Å²) in [5, 5.41) is 2.92. The molecule has 2 amide bonds. The summed E-state index contributed by atoms with van der Waals surface area (Å²) >= 11 is 0. The summed E-state index contributed by atoms with van der Waals surface area (Å²) in [6.07, 6.45) is 4.16. The van der Waals surface area contributed by atoms with Crippen molar-refractivity contribution >= 4 is 11.8 Å². The standard InChI is InChI=1S/C20H28N2O3/c1-14-12-22(13-18(25-14)16-8-4-3-5-9-16)20(24)19(21-15(2)23)17-10-6-7-11-17/h3-5,8-9,14,17-19H,6-7,10-13H2,1-2H3,(H,21,23). The molecule has 3 unspecified atom stereocenters. The Bertz CT molecular complexity index is 598. The Morgan fingerprint density at radius 1 is 1.16 bits per heavy atom. The number of rotatable bonds is 4. The number of amides is 2. The van der Waals surface area contributed by atoms with Gasteiger partial charge in [-0.15, -0.1) is 0 Å². The molecule has 2 fully saturated rings. The Morgan fingerprint density at radius 3 is 2.48 bits per heavy atom. The molecule has 0 spiro atoms. The number of hydrogen-bond acceptors (Lipinski definition) is 3. The monoisotopic (exact) mass is 344 g/mol. The summed E-state index contributed by atoms with van der Waals surface area (Å²) < 4.78 is 6.06. The van der Waals surface area contributed by atoms with E-state index in [0.29, 0.717) is 13.1 Å². The summed E-state index contributed by atoms with van der Waals surface area (Å²) in [7, 11) is 0. The average Bonchev–Trinajstić information content (AvgIpc) is 3.13. The zero-order chi connectivity index (χ0) is 17.8. The quantitative estimate of drug-likeness (QED) is 0.913. The van der Waals surface area contributed by atoms with E-state index in [9.17, 15) is 9.59 Å². The molecule has 1 N–H and O–H groups in total. The van der Waals surface area contributed by atoms with Crippen LogP contribution in [0.25, 0.3) is 0 Å². The van der Waals surface area contributed by atoms with Crippen molar-refractivity contribution < 1.29 is 14.3 Å². The molecule has 2 aliphatic rings. The number of carbonyl (C=O) groups is 2. The second-order valence-electron chi connectivity index (χ2n) is 7.31. The van der Waals surface area contributed by atoms with Gasteiger partial charge in [0.2, 0.25) is 11.8 Å². The first-order valence-electron chi connectivity index (χ1n) is 9.31. The summed E-state index contributed by atoms with van der Waals surface area (Å²) in [6, 6.07) is 9.62. The molecule has 136 valence electrons. The zero-order valence-electron chi connectivity index (χ0n) is 15.1. The van der Waals surface area contributed by atoms with Crippen LogP contribution in [0.2, 0.25) is 0 Å². The minimum absolute atomic E-state index is 0.0236. The second kappa shape index (κ2) is 8.00. The Balaban J connectivity index is 1.75. The van der Waals surface area contributed by atoms with Crippen molar-refractivity contribution in [2.45, 2.75) is 57.8 Å². The summed E-state index contributed by atoms with van der Waals surface area (Å²) in [5.74, 6) is 0.161. The third-order valence-corrected chi connectivity index (χ3v) is 5.24. The number of carbonyl (C=O) groups excluding carboxylic acids is 2. The van der Waals surface area contributed by atoms with E-state index in [-0.39, 0.29) is 29.9 Å². The minimum atomic E-state index is -0.401. The van der Waals surface area contributed by atoms with E-state index in [1.165, 1.54) is 6.92 Å². The van der Waals surface area contributed by atoms with Crippen molar-refractivity contribution in [3.8, 4) is 0 Å². The van der Waals surface area contributed by atoms with Crippen molar-refractivity contribution in [2.75, 3.05) is 13.1 Å². The van der Waals surface area contributed by atoms with E-state index in [1.807, 2.05) is 42.2 Å². The highest BCUT2D eigenvalue weighted by atomic mass is 16.5. The van der Waals surface area contributed by atoms with Crippen molar-refractivity contribution in [2.24, 2.45) is 5.92 Å². The van der Waals surface area contributed by atoms with Gasteiger partial charge in [-0.25, -0.2) is 0 Å². The maximum absolute atomic E-state index is 13.2. The molecule has 5 heteroatoms. The second-order valence-corrected chi connectivity index (χ2v) is 7.31. The highest BCUT2D eigenvalue weighted by Gasteiger charge is 2.37. The van der Waals surface area contributed by atoms with Gasteiger partial charge >= 0.3 is 0 Å². The molecule has 0 radical (unpaired) electrons. The molecule has 0 aromatic heterocycles. The highest BCUT2D eigenvalue weighted by molar-refractivity contribution is 5.87. The van der Waals surface area contributed by atoms with Gasteiger partial charge in [-0.2, -0.15) is 0 Å². The maximum atomic E-state index is 13.2. The molecule has 1 saturated heterocycles. The first kappa shape index (κ1) is 17.9. The van der Waals surface area contributed by atoms with E-state index < -0.39 is 6.04 Å². The third kappa shape index (κ3) is 4.40. The molecule has 1 saturated carbocycles. The Morgan fingerprint density at radius 2 is 1.84 bits per heavy atom. The molecule has 1 aliphatic carbocycles. The number of nitrogens with one attached hydrogen (secondary N) is 1. The maximum Gasteiger partial charge on any atom is 0.245 e. The number of hydrogen-bond donors (Lipinski definition) is 1. The lowest BCUT2D eigenvalue weighted by Crippen LogP contribution is -2.55. The topological polar surface area (TPSA) is 58.6 Å². The fourth-order valence-electron chi connectivity index (χ4n) is 4.07. The van der Waals surface area contributed by atoms with Gasteiger partial charge in [-0.3, -0.25) is 9.59 Å². The first-order valence-corrected chi connectivity index (χ1v) is 9.31. The van der Waals surface area contributed by atoms with Crippen LogP contribution in [-0.2, 0) is 14.3 Å². The van der Waals surface area contributed by atoms with Crippen molar-refractivity contribution in [3.63, 3.8) is 0 Å². The lowest BCUT2D eigenvalue weighted by atomic mass is 9.95. The van der Waals surface area contributed by atoms with Crippen LogP contribution in [0.5, 0.6) is 0 Å². The van der Waals surface area contributed by atoms with Crippen LogP contribution < -0.4 is 5.32 Å². The van der Waals surface area contributed by atoms with E-state index in [4.69, 9.17) is 4.74 Å². The largest absolute Gasteiger partial charge is 0.367 e. The van der Waals surface area contributed by atoms with E-state index in [2.05, 4.69) is 5.32 Å². The predicted octanol–water partition coefficient (Wildman–Crippen LogP) is 2.67. The molecule has 1 aromatic carbocycles. The van der Waals surface area contributed by atoms with Gasteiger partial charge in [0.25, 0.3) is 0 Å². The smallest absolute Gasteiger partial charge is 0.245 e. The highest BCUT2D eigenvalue weighted by Crippen LogP contribution is 2.31. The molecule has 25 heavy (non-hydrogen) atoms. The fourth-order valence-corrected chi connectivity index (χ4v) is 4.07. The molecule has 3 rings (SSSR count).